The lowest BCUT2D eigenvalue weighted by molar-refractivity contribution is -0.144. The van der Waals surface area contributed by atoms with Crippen LogP contribution in [0.15, 0.2) is 12.1 Å². The number of carbonyl (C=O) groups excluding carboxylic acids is 1. The number of rotatable bonds is 5. The molecule has 0 aromatic heterocycles. The number of benzene rings is 1. The molecule has 0 saturated carbocycles. The first-order chi connectivity index (χ1) is 8.51. The van der Waals surface area contributed by atoms with E-state index in [0.717, 1.165) is 5.56 Å². The van der Waals surface area contributed by atoms with Crippen molar-refractivity contribution >= 4 is 17.6 Å². The lowest BCUT2D eigenvalue weighted by Gasteiger charge is -2.17. The largest absolute Gasteiger partial charge is 0.493 e. The number of halogens is 1. The van der Waals surface area contributed by atoms with E-state index in [1.54, 1.807) is 19.1 Å². The van der Waals surface area contributed by atoms with Gasteiger partial charge in [-0.15, -0.1) is 0 Å². The molecule has 0 bridgehead atoms. The SMILES string of the molecule is CCOC(=O)C(N)c1cc(Cl)cc(C)c1OCC. The van der Waals surface area contributed by atoms with Crippen molar-refractivity contribution in [2.45, 2.75) is 26.8 Å². The molecule has 0 aliphatic carbocycles. The van der Waals surface area contributed by atoms with Gasteiger partial charge in [0.05, 0.1) is 13.2 Å². The molecule has 0 radical (unpaired) electrons. The van der Waals surface area contributed by atoms with Gasteiger partial charge in [-0.1, -0.05) is 11.6 Å². The van der Waals surface area contributed by atoms with E-state index in [1.165, 1.54) is 0 Å². The smallest absolute Gasteiger partial charge is 0.327 e. The molecular formula is C13H18ClNO3. The topological polar surface area (TPSA) is 61.5 Å². The van der Waals surface area contributed by atoms with E-state index in [0.29, 0.717) is 22.9 Å². The van der Waals surface area contributed by atoms with E-state index in [9.17, 15) is 4.79 Å². The van der Waals surface area contributed by atoms with Crippen molar-refractivity contribution in [2.24, 2.45) is 5.73 Å². The molecule has 0 amide bonds. The summed E-state index contributed by atoms with van der Waals surface area (Å²) in [6.07, 6.45) is 0. The number of carbonyl (C=O) groups is 1. The van der Waals surface area contributed by atoms with E-state index in [-0.39, 0.29) is 6.61 Å². The molecule has 0 aliphatic rings. The third kappa shape index (κ3) is 3.37. The molecule has 1 unspecified atom stereocenters. The summed E-state index contributed by atoms with van der Waals surface area (Å²) >= 11 is 5.98. The van der Waals surface area contributed by atoms with E-state index >= 15 is 0 Å². The number of ether oxygens (including phenoxy) is 2. The van der Waals surface area contributed by atoms with E-state index in [2.05, 4.69) is 0 Å². The van der Waals surface area contributed by atoms with Crippen LogP contribution >= 0.6 is 11.6 Å². The Morgan fingerprint density at radius 2 is 2.06 bits per heavy atom. The molecule has 1 aromatic carbocycles. The van der Waals surface area contributed by atoms with Gasteiger partial charge in [-0.2, -0.15) is 0 Å². The minimum absolute atomic E-state index is 0.288. The quantitative estimate of drug-likeness (QED) is 0.836. The van der Waals surface area contributed by atoms with Crippen LogP contribution in [0.3, 0.4) is 0 Å². The normalized spacial score (nSPS) is 12.1. The summed E-state index contributed by atoms with van der Waals surface area (Å²) in [5.74, 6) is 0.113. The number of esters is 1. The average molecular weight is 272 g/mol. The Bertz CT molecular complexity index is 434. The summed E-state index contributed by atoms with van der Waals surface area (Å²) in [4.78, 5) is 11.7. The van der Waals surface area contributed by atoms with Crippen molar-refractivity contribution < 1.29 is 14.3 Å². The molecule has 0 heterocycles. The van der Waals surface area contributed by atoms with Crippen LogP contribution in [-0.4, -0.2) is 19.2 Å². The minimum atomic E-state index is -0.885. The van der Waals surface area contributed by atoms with Gasteiger partial charge in [0.15, 0.2) is 0 Å². The Labute approximate surface area is 112 Å². The Hall–Kier alpha value is -1.26. The fraction of sp³-hybridized carbons (Fsp3) is 0.462. The zero-order valence-corrected chi connectivity index (χ0v) is 11.6. The first-order valence-corrected chi connectivity index (χ1v) is 6.24. The molecule has 5 heteroatoms. The number of aryl methyl sites for hydroxylation is 1. The van der Waals surface area contributed by atoms with Crippen molar-refractivity contribution in [1.29, 1.82) is 0 Å². The third-order valence-corrected chi connectivity index (χ3v) is 2.65. The number of hydrogen-bond donors (Lipinski definition) is 1. The molecule has 0 spiro atoms. The molecule has 1 rings (SSSR count). The highest BCUT2D eigenvalue weighted by Crippen LogP contribution is 2.32. The van der Waals surface area contributed by atoms with Crippen LogP contribution in [0.2, 0.25) is 5.02 Å². The second-order valence-electron chi connectivity index (χ2n) is 3.80. The van der Waals surface area contributed by atoms with Gasteiger partial charge in [-0.25, -0.2) is 4.79 Å². The second-order valence-corrected chi connectivity index (χ2v) is 4.24. The van der Waals surface area contributed by atoms with Crippen LogP contribution < -0.4 is 10.5 Å². The van der Waals surface area contributed by atoms with Crippen LogP contribution in [0, 0.1) is 6.92 Å². The predicted octanol–water partition coefficient (Wildman–Crippen LogP) is 2.61. The summed E-state index contributed by atoms with van der Waals surface area (Å²) in [5, 5.41) is 0.519. The Morgan fingerprint density at radius 1 is 1.39 bits per heavy atom. The highest BCUT2D eigenvalue weighted by Gasteiger charge is 2.22. The monoisotopic (exact) mass is 271 g/mol. The van der Waals surface area contributed by atoms with Crippen LogP contribution in [0.5, 0.6) is 5.75 Å². The molecule has 2 N–H and O–H groups in total. The van der Waals surface area contributed by atoms with Gasteiger partial charge in [0, 0.05) is 10.6 Å². The maximum Gasteiger partial charge on any atom is 0.327 e. The maximum absolute atomic E-state index is 11.7. The highest BCUT2D eigenvalue weighted by atomic mass is 35.5. The third-order valence-electron chi connectivity index (χ3n) is 2.43. The molecule has 1 aromatic rings. The van der Waals surface area contributed by atoms with Gasteiger partial charge in [0.25, 0.3) is 0 Å². The Balaban J connectivity index is 3.16. The van der Waals surface area contributed by atoms with Crippen molar-refractivity contribution in [3.05, 3.63) is 28.3 Å². The van der Waals surface area contributed by atoms with Crippen LogP contribution in [0.4, 0.5) is 0 Å². The van der Waals surface area contributed by atoms with E-state index in [4.69, 9.17) is 26.8 Å². The summed E-state index contributed by atoms with van der Waals surface area (Å²) in [6.45, 7) is 6.24. The first kappa shape index (κ1) is 14.8. The van der Waals surface area contributed by atoms with Gasteiger partial charge in [0.1, 0.15) is 11.8 Å². The van der Waals surface area contributed by atoms with Crippen LogP contribution in [0.1, 0.15) is 31.0 Å². The van der Waals surface area contributed by atoms with E-state index < -0.39 is 12.0 Å². The fourth-order valence-electron chi connectivity index (χ4n) is 1.69. The molecule has 0 aliphatic heterocycles. The predicted molar refractivity (Wildman–Crippen MR) is 70.9 cm³/mol. The van der Waals surface area contributed by atoms with Crippen molar-refractivity contribution in [2.75, 3.05) is 13.2 Å². The minimum Gasteiger partial charge on any atom is -0.493 e. The summed E-state index contributed by atoms with van der Waals surface area (Å²) in [6, 6.07) is 2.53. The van der Waals surface area contributed by atoms with Crippen LogP contribution in [0.25, 0.3) is 0 Å². The molecule has 4 nitrogen and oxygen atoms in total. The highest BCUT2D eigenvalue weighted by molar-refractivity contribution is 6.30. The van der Waals surface area contributed by atoms with Gasteiger partial charge in [-0.3, -0.25) is 0 Å². The Kier molecular flexibility index (Phi) is 5.44. The summed E-state index contributed by atoms with van der Waals surface area (Å²) in [7, 11) is 0. The van der Waals surface area contributed by atoms with Gasteiger partial charge in [-0.05, 0) is 38.5 Å². The lowest BCUT2D eigenvalue weighted by atomic mass is 10.0. The van der Waals surface area contributed by atoms with Crippen molar-refractivity contribution in [3.63, 3.8) is 0 Å². The molecular weight excluding hydrogens is 254 g/mol. The number of hydrogen-bond acceptors (Lipinski definition) is 4. The van der Waals surface area contributed by atoms with Crippen molar-refractivity contribution in [1.82, 2.24) is 0 Å². The number of nitrogens with two attached hydrogens (primary N) is 1. The lowest BCUT2D eigenvalue weighted by Crippen LogP contribution is -2.24. The molecule has 100 valence electrons. The summed E-state index contributed by atoms with van der Waals surface area (Å²) < 4.78 is 10.4. The Morgan fingerprint density at radius 3 is 2.61 bits per heavy atom. The van der Waals surface area contributed by atoms with Gasteiger partial charge >= 0.3 is 5.97 Å². The second kappa shape index (κ2) is 6.61. The van der Waals surface area contributed by atoms with Gasteiger partial charge < -0.3 is 15.2 Å². The van der Waals surface area contributed by atoms with Crippen LogP contribution in [-0.2, 0) is 9.53 Å². The molecule has 0 saturated heterocycles. The molecule has 18 heavy (non-hydrogen) atoms. The maximum atomic E-state index is 11.7. The fourth-order valence-corrected chi connectivity index (χ4v) is 1.97. The zero-order chi connectivity index (χ0) is 13.7. The molecule has 1 atom stereocenters. The van der Waals surface area contributed by atoms with Crippen molar-refractivity contribution in [3.8, 4) is 5.75 Å². The first-order valence-electron chi connectivity index (χ1n) is 5.86. The van der Waals surface area contributed by atoms with Gasteiger partial charge in [0.2, 0.25) is 0 Å². The standard InChI is InChI=1S/C13H18ClNO3/c1-4-17-12-8(3)6-9(14)7-10(12)11(15)13(16)18-5-2/h6-7,11H,4-5,15H2,1-3H3. The zero-order valence-electron chi connectivity index (χ0n) is 10.8. The molecule has 0 fully saturated rings. The summed E-state index contributed by atoms with van der Waals surface area (Å²) in [5.41, 5.74) is 7.28. The average Bonchev–Trinajstić information content (AvgIpc) is 2.31. The van der Waals surface area contributed by atoms with E-state index in [1.807, 2.05) is 13.8 Å².